The van der Waals surface area contributed by atoms with Crippen molar-refractivity contribution in [3.8, 4) is 5.00 Å². The second-order valence-corrected chi connectivity index (χ2v) is 11.1. The van der Waals surface area contributed by atoms with E-state index in [-0.39, 0.29) is 17.6 Å². The predicted octanol–water partition coefficient (Wildman–Crippen LogP) is 5.01. The van der Waals surface area contributed by atoms with Crippen molar-refractivity contribution in [2.24, 2.45) is 0 Å². The second kappa shape index (κ2) is 10.3. The number of amides is 4. The summed E-state index contributed by atoms with van der Waals surface area (Å²) in [6.07, 6.45) is 10.1. The number of imide groups is 2. The van der Waals surface area contributed by atoms with E-state index in [4.69, 9.17) is 4.74 Å². The van der Waals surface area contributed by atoms with Crippen molar-refractivity contribution < 1.29 is 23.9 Å². The van der Waals surface area contributed by atoms with Crippen LogP contribution in [0.3, 0.4) is 0 Å². The fourth-order valence-electron chi connectivity index (χ4n) is 5.87. The molecule has 0 bridgehead atoms. The number of aromatic nitrogens is 1. The molecule has 2 aromatic rings. The van der Waals surface area contributed by atoms with E-state index >= 15 is 0 Å². The summed E-state index contributed by atoms with van der Waals surface area (Å²) >= 11 is 1.62. The Hall–Kier alpha value is -3.20. The molecule has 0 aromatic carbocycles. The fraction of sp³-hybridized carbons (Fsp3) is 0.500. The van der Waals surface area contributed by atoms with Crippen molar-refractivity contribution >= 4 is 41.2 Å². The molecule has 0 unspecified atom stereocenters. The number of esters is 1. The van der Waals surface area contributed by atoms with Gasteiger partial charge in [-0.1, -0.05) is 19.3 Å². The number of carbonyl (C=O) groups excluding carboxylic acids is 4. The Morgan fingerprint density at radius 2 is 1.84 bits per heavy atom. The molecule has 1 saturated carbocycles. The largest absolute Gasteiger partial charge is 0.462 e. The maximum absolute atomic E-state index is 13.4. The summed E-state index contributed by atoms with van der Waals surface area (Å²) in [5, 5.41) is 3.19. The van der Waals surface area contributed by atoms with Gasteiger partial charge in [-0.25, -0.2) is 9.59 Å². The fourth-order valence-corrected chi connectivity index (χ4v) is 7.35. The van der Waals surface area contributed by atoms with Crippen LogP contribution in [-0.2, 0) is 27.2 Å². The number of nitrogens with zero attached hydrogens (tertiary/aromatic N) is 2. The first-order valence-corrected chi connectivity index (χ1v) is 14.0. The van der Waals surface area contributed by atoms with Gasteiger partial charge < -0.3 is 9.30 Å². The van der Waals surface area contributed by atoms with E-state index in [9.17, 15) is 19.2 Å². The van der Waals surface area contributed by atoms with E-state index in [1.807, 2.05) is 24.5 Å². The molecule has 196 valence electrons. The summed E-state index contributed by atoms with van der Waals surface area (Å²) in [5.41, 5.74) is 4.08. The van der Waals surface area contributed by atoms with Crippen LogP contribution in [0.4, 0.5) is 4.79 Å². The molecule has 1 aliphatic heterocycles. The molecule has 1 saturated heterocycles. The Kier molecular flexibility index (Phi) is 7.07. The Bertz CT molecular complexity index is 1310. The number of nitrogens with one attached hydrogen (secondary N) is 1. The number of rotatable bonds is 5. The zero-order valence-corrected chi connectivity index (χ0v) is 22.5. The maximum atomic E-state index is 13.4. The number of aryl methyl sites for hydroxylation is 2. The van der Waals surface area contributed by atoms with Gasteiger partial charge in [0.15, 0.2) is 0 Å². The number of urea groups is 1. The number of barbiturate groups is 1. The normalized spacial score (nSPS) is 19.8. The molecule has 37 heavy (non-hydrogen) atoms. The Balaban J connectivity index is 1.56. The van der Waals surface area contributed by atoms with Gasteiger partial charge in [-0.2, -0.15) is 0 Å². The van der Waals surface area contributed by atoms with Gasteiger partial charge in [-0.3, -0.25) is 19.8 Å². The molecule has 3 aliphatic rings. The van der Waals surface area contributed by atoms with Gasteiger partial charge in [0, 0.05) is 22.3 Å². The van der Waals surface area contributed by atoms with Crippen LogP contribution in [0.5, 0.6) is 0 Å². The molecule has 1 N–H and O–H groups in total. The molecule has 0 spiro atoms. The third-order valence-corrected chi connectivity index (χ3v) is 8.96. The number of hydrogen-bond acceptors (Lipinski definition) is 6. The van der Waals surface area contributed by atoms with Crippen molar-refractivity contribution in [3.05, 3.63) is 44.6 Å². The van der Waals surface area contributed by atoms with Crippen LogP contribution in [0.25, 0.3) is 11.1 Å². The van der Waals surface area contributed by atoms with Gasteiger partial charge >= 0.3 is 12.0 Å². The van der Waals surface area contributed by atoms with E-state index in [1.165, 1.54) is 9.78 Å². The molecule has 8 nitrogen and oxygen atoms in total. The van der Waals surface area contributed by atoms with Gasteiger partial charge in [0.1, 0.15) is 10.6 Å². The number of ether oxygens (including phenoxy) is 1. The van der Waals surface area contributed by atoms with Crippen LogP contribution in [0.2, 0.25) is 0 Å². The van der Waals surface area contributed by atoms with Crippen molar-refractivity contribution in [2.75, 3.05) is 6.61 Å². The lowest BCUT2D eigenvalue weighted by Gasteiger charge is -2.35. The molecule has 0 atom stereocenters. The third-order valence-electron chi connectivity index (χ3n) is 7.68. The lowest BCUT2D eigenvalue weighted by atomic mass is 9.93. The van der Waals surface area contributed by atoms with Gasteiger partial charge in [-0.15, -0.1) is 11.3 Å². The number of thiophene rings is 1. The van der Waals surface area contributed by atoms with Crippen LogP contribution in [0, 0.1) is 13.8 Å². The van der Waals surface area contributed by atoms with Crippen molar-refractivity contribution in [1.82, 2.24) is 14.8 Å². The summed E-state index contributed by atoms with van der Waals surface area (Å²) in [7, 11) is 0. The first-order valence-electron chi connectivity index (χ1n) is 13.2. The molecule has 9 heteroatoms. The smallest absolute Gasteiger partial charge is 0.341 e. The van der Waals surface area contributed by atoms with Gasteiger partial charge in [0.25, 0.3) is 11.8 Å². The Labute approximate surface area is 220 Å². The van der Waals surface area contributed by atoms with Crippen molar-refractivity contribution in [1.29, 1.82) is 0 Å². The third kappa shape index (κ3) is 4.54. The summed E-state index contributed by atoms with van der Waals surface area (Å²) in [4.78, 5) is 54.2. The van der Waals surface area contributed by atoms with Crippen LogP contribution < -0.4 is 5.32 Å². The molecule has 2 aliphatic carbocycles. The number of fused-ring (bicyclic) bond motifs is 1. The van der Waals surface area contributed by atoms with Gasteiger partial charge in [0.2, 0.25) is 0 Å². The Morgan fingerprint density at radius 3 is 2.57 bits per heavy atom. The second-order valence-electron chi connectivity index (χ2n) is 10.1. The standard InChI is InChI=1S/C28H33N3O5S/c1-4-36-27(34)23-20-12-8-9-13-22(20)37-26(23)30-16(2)14-18(17(30)3)15-21-24(32)29-28(35)31(25(21)33)19-10-6-5-7-11-19/h14-15,19H,4-13H2,1-3H3,(H,29,32,35). The molecule has 5 rings (SSSR count). The zero-order valence-electron chi connectivity index (χ0n) is 21.6. The molecule has 4 amide bonds. The molecule has 2 fully saturated rings. The summed E-state index contributed by atoms with van der Waals surface area (Å²) < 4.78 is 7.46. The molecule has 2 aromatic heterocycles. The van der Waals surface area contributed by atoms with E-state index in [0.717, 1.165) is 79.7 Å². The SMILES string of the molecule is CCOC(=O)c1c(-n2c(C)cc(C=C3C(=O)NC(=O)N(C4CCCCC4)C3=O)c2C)sc2c1CCCC2. The predicted molar refractivity (Wildman–Crippen MR) is 141 cm³/mol. The molecule has 0 radical (unpaired) electrons. The first kappa shape index (κ1) is 25.4. The van der Waals surface area contributed by atoms with E-state index in [0.29, 0.717) is 17.7 Å². The van der Waals surface area contributed by atoms with Crippen LogP contribution in [-0.4, -0.2) is 45.9 Å². The van der Waals surface area contributed by atoms with Crippen molar-refractivity contribution in [2.45, 2.75) is 84.6 Å². The minimum absolute atomic E-state index is 0.0403. The molecular formula is C28H33N3O5S. The van der Waals surface area contributed by atoms with Gasteiger partial charge in [-0.05, 0) is 82.6 Å². The topological polar surface area (TPSA) is 97.7 Å². The van der Waals surface area contributed by atoms with Crippen LogP contribution in [0.1, 0.15) is 89.6 Å². The number of hydrogen-bond donors (Lipinski definition) is 1. The van der Waals surface area contributed by atoms with Crippen LogP contribution in [0.15, 0.2) is 11.6 Å². The summed E-state index contributed by atoms with van der Waals surface area (Å²) in [6, 6.07) is 1.10. The van der Waals surface area contributed by atoms with Gasteiger partial charge in [0.05, 0.1) is 12.2 Å². The van der Waals surface area contributed by atoms with Crippen molar-refractivity contribution in [3.63, 3.8) is 0 Å². The highest BCUT2D eigenvalue weighted by molar-refractivity contribution is 7.15. The first-order chi connectivity index (χ1) is 17.8. The zero-order chi connectivity index (χ0) is 26.3. The molecule has 3 heterocycles. The van der Waals surface area contributed by atoms with E-state index in [2.05, 4.69) is 5.32 Å². The highest BCUT2D eigenvalue weighted by Crippen LogP contribution is 2.39. The Morgan fingerprint density at radius 1 is 1.11 bits per heavy atom. The average Bonchev–Trinajstić information content (AvgIpc) is 3.38. The van der Waals surface area contributed by atoms with E-state index in [1.54, 1.807) is 24.3 Å². The lowest BCUT2D eigenvalue weighted by molar-refractivity contribution is -0.132. The average molecular weight is 524 g/mol. The highest BCUT2D eigenvalue weighted by Gasteiger charge is 2.40. The minimum Gasteiger partial charge on any atom is -0.462 e. The van der Waals surface area contributed by atoms with E-state index < -0.39 is 17.8 Å². The van der Waals surface area contributed by atoms with Crippen LogP contribution >= 0.6 is 11.3 Å². The lowest BCUT2D eigenvalue weighted by Crippen LogP contribution is -2.58. The summed E-state index contributed by atoms with van der Waals surface area (Å²) in [6.45, 7) is 5.98. The highest BCUT2D eigenvalue weighted by atomic mass is 32.1. The number of carbonyl (C=O) groups is 4. The molecular weight excluding hydrogens is 490 g/mol. The minimum atomic E-state index is -0.675. The summed E-state index contributed by atoms with van der Waals surface area (Å²) in [5.74, 6) is -1.53. The quantitative estimate of drug-likeness (QED) is 0.338. The monoisotopic (exact) mass is 523 g/mol. The maximum Gasteiger partial charge on any atom is 0.341 e.